The van der Waals surface area contributed by atoms with E-state index >= 15 is 0 Å². The van der Waals surface area contributed by atoms with Gasteiger partial charge in [-0.25, -0.2) is 13.6 Å². The minimum atomic E-state index is -0.787. The van der Waals surface area contributed by atoms with E-state index in [-0.39, 0.29) is 5.41 Å². The quantitative estimate of drug-likeness (QED) is 0.884. The Bertz CT molecular complexity index is 633. The van der Waals surface area contributed by atoms with Crippen LogP contribution in [0.25, 0.3) is 0 Å². The Morgan fingerprint density at radius 3 is 2.48 bits per heavy atom. The van der Waals surface area contributed by atoms with Gasteiger partial charge >= 0.3 is 6.03 Å². The van der Waals surface area contributed by atoms with Crippen molar-refractivity contribution < 1.29 is 13.6 Å². The first-order valence-electron chi connectivity index (χ1n) is 6.64. The number of amides is 2. The lowest BCUT2D eigenvalue weighted by molar-refractivity contribution is 0.251. The molecule has 1 aliphatic rings. The van der Waals surface area contributed by atoms with Crippen molar-refractivity contribution >= 4 is 23.1 Å². The van der Waals surface area contributed by atoms with Crippen molar-refractivity contribution in [3.8, 4) is 0 Å². The van der Waals surface area contributed by atoms with Gasteiger partial charge in [0.15, 0.2) is 0 Å². The van der Waals surface area contributed by atoms with Gasteiger partial charge in [-0.15, -0.1) is 11.3 Å². The zero-order valence-electron chi connectivity index (χ0n) is 11.2. The van der Waals surface area contributed by atoms with E-state index in [1.165, 1.54) is 10.9 Å². The summed E-state index contributed by atoms with van der Waals surface area (Å²) in [5, 5.41) is 6.93. The van der Waals surface area contributed by atoms with Crippen molar-refractivity contribution in [2.75, 3.05) is 11.9 Å². The predicted octanol–water partition coefficient (Wildman–Crippen LogP) is 3.88. The first-order valence-corrected chi connectivity index (χ1v) is 7.52. The summed E-state index contributed by atoms with van der Waals surface area (Å²) in [6.07, 6.45) is 2.03. The summed E-state index contributed by atoms with van der Waals surface area (Å²) >= 11 is 1.66. The summed E-state index contributed by atoms with van der Waals surface area (Å²) in [6.45, 7) is 0.468. The number of urea groups is 1. The highest BCUT2D eigenvalue weighted by atomic mass is 32.1. The van der Waals surface area contributed by atoms with Crippen molar-refractivity contribution in [2.45, 2.75) is 18.3 Å². The van der Waals surface area contributed by atoms with Crippen molar-refractivity contribution in [1.82, 2.24) is 5.32 Å². The molecule has 1 aliphatic carbocycles. The molecule has 3 nitrogen and oxygen atoms in total. The molecular formula is C15H14F2N2OS. The third-order valence-electron chi connectivity index (χ3n) is 3.69. The van der Waals surface area contributed by atoms with Gasteiger partial charge in [-0.05, 0) is 36.4 Å². The molecule has 0 radical (unpaired) electrons. The van der Waals surface area contributed by atoms with Crippen LogP contribution in [0.15, 0.2) is 35.7 Å². The van der Waals surface area contributed by atoms with E-state index in [4.69, 9.17) is 0 Å². The first-order chi connectivity index (χ1) is 10.1. The van der Waals surface area contributed by atoms with Crippen LogP contribution in [0.3, 0.4) is 0 Å². The van der Waals surface area contributed by atoms with Crippen molar-refractivity contribution in [3.63, 3.8) is 0 Å². The minimum absolute atomic E-state index is 0.000711. The molecular weight excluding hydrogens is 294 g/mol. The molecule has 0 aliphatic heterocycles. The fraction of sp³-hybridized carbons (Fsp3) is 0.267. The SMILES string of the molecule is O=C(NCC1(c2cccs2)CC1)Nc1c(F)cccc1F. The van der Waals surface area contributed by atoms with Crippen LogP contribution in [0.4, 0.5) is 19.3 Å². The van der Waals surface area contributed by atoms with Crippen LogP contribution >= 0.6 is 11.3 Å². The van der Waals surface area contributed by atoms with Gasteiger partial charge in [0.05, 0.1) is 0 Å². The first kappa shape index (κ1) is 14.0. The number of anilines is 1. The third kappa shape index (κ3) is 2.90. The number of carbonyl (C=O) groups is 1. The number of para-hydroxylation sites is 1. The Labute approximate surface area is 125 Å². The molecule has 6 heteroatoms. The molecule has 21 heavy (non-hydrogen) atoms. The van der Waals surface area contributed by atoms with Gasteiger partial charge in [0.25, 0.3) is 0 Å². The van der Waals surface area contributed by atoms with Crippen LogP contribution in [0, 0.1) is 11.6 Å². The van der Waals surface area contributed by atoms with E-state index in [1.807, 2.05) is 17.5 Å². The van der Waals surface area contributed by atoms with E-state index in [9.17, 15) is 13.6 Å². The second kappa shape index (κ2) is 5.44. The van der Waals surface area contributed by atoms with Crippen LogP contribution in [-0.2, 0) is 5.41 Å². The fourth-order valence-corrected chi connectivity index (χ4v) is 3.25. The molecule has 2 aromatic rings. The van der Waals surface area contributed by atoms with E-state index in [0.29, 0.717) is 6.54 Å². The smallest absolute Gasteiger partial charge is 0.319 e. The molecule has 2 N–H and O–H groups in total. The van der Waals surface area contributed by atoms with Gasteiger partial charge < -0.3 is 10.6 Å². The van der Waals surface area contributed by atoms with Gasteiger partial charge in [0.2, 0.25) is 0 Å². The maximum Gasteiger partial charge on any atom is 0.319 e. The number of halogens is 2. The Hall–Kier alpha value is -1.95. The molecule has 2 amide bonds. The molecule has 0 saturated heterocycles. The van der Waals surface area contributed by atoms with Crippen LogP contribution in [0.5, 0.6) is 0 Å². The Kier molecular flexibility index (Phi) is 3.63. The third-order valence-corrected chi connectivity index (χ3v) is 4.80. The summed E-state index contributed by atoms with van der Waals surface area (Å²) in [7, 11) is 0. The summed E-state index contributed by atoms with van der Waals surface area (Å²) in [4.78, 5) is 13.0. The predicted molar refractivity (Wildman–Crippen MR) is 78.6 cm³/mol. The number of carbonyl (C=O) groups excluding carboxylic acids is 1. The fourth-order valence-electron chi connectivity index (χ4n) is 2.27. The number of rotatable bonds is 4. The maximum atomic E-state index is 13.4. The highest BCUT2D eigenvalue weighted by Gasteiger charge is 2.45. The summed E-state index contributed by atoms with van der Waals surface area (Å²) in [5.41, 5.74) is -0.421. The van der Waals surface area contributed by atoms with Crippen molar-refractivity contribution in [3.05, 3.63) is 52.2 Å². The highest BCUT2D eigenvalue weighted by Crippen LogP contribution is 2.49. The topological polar surface area (TPSA) is 41.1 Å². The monoisotopic (exact) mass is 308 g/mol. The summed E-state index contributed by atoms with van der Waals surface area (Å²) in [6, 6.07) is 6.90. The van der Waals surface area contributed by atoms with E-state index < -0.39 is 23.4 Å². The number of hydrogen-bond donors (Lipinski definition) is 2. The Morgan fingerprint density at radius 1 is 1.19 bits per heavy atom. The maximum absolute atomic E-state index is 13.4. The zero-order valence-corrected chi connectivity index (χ0v) is 12.0. The molecule has 1 aromatic carbocycles. The molecule has 1 fully saturated rings. The largest absolute Gasteiger partial charge is 0.337 e. The lowest BCUT2D eigenvalue weighted by Gasteiger charge is -2.15. The van der Waals surface area contributed by atoms with E-state index in [1.54, 1.807) is 11.3 Å². The molecule has 1 heterocycles. The lowest BCUT2D eigenvalue weighted by atomic mass is 10.1. The van der Waals surface area contributed by atoms with E-state index in [0.717, 1.165) is 25.0 Å². The number of nitrogens with one attached hydrogen (secondary N) is 2. The van der Waals surface area contributed by atoms with Crippen LogP contribution in [0.1, 0.15) is 17.7 Å². The van der Waals surface area contributed by atoms with E-state index in [2.05, 4.69) is 10.6 Å². The van der Waals surface area contributed by atoms with Gasteiger partial charge in [0.1, 0.15) is 17.3 Å². The summed E-state index contributed by atoms with van der Waals surface area (Å²) < 4.78 is 26.9. The minimum Gasteiger partial charge on any atom is -0.337 e. The van der Waals surface area contributed by atoms with Gasteiger partial charge in [-0.3, -0.25) is 0 Å². The molecule has 0 unspecified atom stereocenters. The van der Waals surface area contributed by atoms with Gasteiger partial charge in [0, 0.05) is 16.8 Å². The standard InChI is InChI=1S/C15H14F2N2OS/c16-10-3-1-4-11(17)13(10)19-14(20)18-9-15(6-7-15)12-5-2-8-21-12/h1-5,8H,6-7,9H2,(H2,18,19,20). The van der Waals surface area contributed by atoms with Gasteiger partial charge in [-0.1, -0.05) is 12.1 Å². The van der Waals surface area contributed by atoms with Crippen LogP contribution in [0.2, 0.25) is 0 Å². The lowest BCUT2D eigenvalue weighted by Crippen LogP contribution is -2.35. The number of hydrogen-bond acceptors (Lipinski definition) is 2. The average molecular weight is 308 g/mol. The Morgan fingerprint density at radius 2 is 1.90 bits per heavy atom. The molecule has 3 rings (SSSR count). The molecule has 1 aromatic heterocycles. The zero-order chi connectivity index (χ0) is 14.9. The number of benzene rings is 1. The Balaban J connectivity index is 1.61. The van der Waals surface area contributed by atoms with Crippen molar-refractivity contribution in [1.29, 1.82) is 0 Å². The molecule has 1 saturated carbocycles. The molecule has 0 spiro atoms. The number of thiophene rings is 1. The van der Waals surface area contributed by atoms with Crippen molar-refractivity contribution in [2.24, 2.45) is 0 Å². The highest BCUT2D eigenvalue weighted by molar-refractivity contribution is 7.10. The molecule has 110 valence electrons. The van der Waals surface area contributed by atoms with Gasteiger partial charge in [-0.2, -0.15) is 0 Å². The normalized spacial score (nSPS) is 15.5. The molecule has 0 bridgehead atoms. The van der Waals surface area contributed by atoms with Crippen LogP contribution < -0.4 is 10.6 Å². The van der Waals surface area contributed by atoms with Crippen LogP contribution in [-0.4, -0.2) is 12.6 Å². The second-order valence-electron chi connectivity index (χ2n) is 5.16. The summed E-state index contributed by atoms with van der Waals surface area (Å²) in [5.74, 6) is -1.57. The average Bonchev–Trinajstić information content (AvgIpc) is 3.04. The second-order valence-corrected chi connectivity index (χ2v) is 6.11. The molecule has 0 atom stereocenters.